The molecule has 1 aromatic heterocycles. The average molecular weight is 390 g/mol. The van der Waals surface area contributed by atoms with Crippen molar-refractivity contribution in [2.24, 2.45) is 0 Å². The molecule has 0 radical (unpaired) electrons. The molecule has 2 amide bonds. The van der Waals surface area contributed by atoms with Crippen molar-refractivity contribution in [3.8, 4) is 0 Å². The maximum absolute atomic E-state index is 12.3. The smallest absolute Gasteiger partial charge is 0.305 e. The average Bonchev–Trinajstić information content (AvgIpc) is 2.66. The van der Waals surface area contributed by atoms with Crippen molar-refractivity contribution >= 4 is 35.2 Å². The van der Waals surface area contributed by atoms with Gasteiger partial charge in [0.25, 0.3) is 11.8 Å². The number of aliphatic carboxylic acids is 1. The first kappa shape index (κ1) is 19.9. The van der Waals surface area contributed by atoms with Crippen LogP contribution in [0.25, 0.3) is 0 Å². The monoisotopic (exact) mass is 389 g/mol. The Morgan fingerprint density at radius 1 is 1.07 bits per heavy atom. The highest BCUT2D eigenvalue weighted by atomic mass is 35.5. The summed E-state index contributed by atoms with van der Waals surface area (Å²) in [7, 11) is 0. The Hall–Kier alpha value is -3.46. The lowest BCUT2D eigenvalue weighted by molar-refractivity contribution is -0.136. The number of nitrogens with one attached hydrogen (secondary N) is 3. The fourth-order valence-electron chi connectivity index (χ4n) is 1.86. The number of nitrogens with zero attached hydrogens (tertiary/aromatic N) is 2. The Labute approximate surface area is 159 Å². The molecule has 0 saturated heterocycles. The van der Waals surface area contributed by atoms with Gasteiger partial charge in [-0.05, 0) is 24.3 Å². The zero-order valence-corrected chi connectivity index (χ0v) is 14.7. The van der Waals surface area contributed by atoms with E-state index in [0.29, 0.717) is 11.4 Å². The summed E-state index contributed by atoms with van der Waals surface area (Å²) in [5, 5.41) is 23.9. The molecule has 0 fully saturated rings. The highest BCUT2D eigenvalue weighted by molar-refractivity contribution is 6.29. The molecule has 0 spiro atoms. The molecule has 10 heteroatoms. The Kier molecular flexibility index (Phi) is 7.26. The van der Waals surface area contributed by atoms with Gasteiger partial charge in [0.2, 0.25) is 0 Å². The SMILES string of the molecule is O=C(O)CCNC(=O)/C(=C/Nc1ccc(Cl)nn1)NC(=O)c1ccccc1. The molecule has 1 heterocycles. The summed E-state index contributed by atoms with van der Waals surface area (Å²) in [5.74, 6) is -1.91. The first-order valence-electron chi connectivity index (χ1n) is 7.78. The van der Waals surface area contributed by atoms with Gasteiger partial charge in [-0.25, -0.2) is 0 Å². The normalized spacial score (nSPS) is 10.8. The van der Waals surface area contributed by atoms with E-state index in [0.717, 1.165) is 0 Å². The molecule has 4 N–H and O–H groups in total. The molecule has 0 bridgehead atoms. The predicted molar refractivity (Wildman–Crippen MR) is 97.9 cm³/mol. The van der Waals surface area contributed by atoms with E-state index in [1.165, 1.54) is 18.3 Å². The third kappa shape index (κ3) is 6.75. The number of anilines is 1. The second-order valence-corrected chi connectivity index (χ2v) is 5.55. The fraction of sp³-hybridized carbons (Fsp3) is 0.118. The van der Waals surface area contributed by atoms with Gasteiger partial charge in [-0.1, -0.05) is 29.8 Å². The van der Waals surface area contributed by atoms with Gasteiger partial charge in [0, 0.05) is 18.3 Å². The van der Waals surface area contributed by atoms with Crippen LogP contribution in [0.5, 0.6) is 0 Å². The molecule has 1 aromatic carbocycles. The van der Waals surface area contributed by atoms with Gasteiger partial charge in [-0.15, -0.1) is 10.2 Å². The Morgan fingerprint density at radius 2 is 1.81 bits per heavy atom. The van der Waals surface area contributed by atoms with Crippen LogP contribution in [0.15, 0.2) is 54.4 Å². The molecular formula is C17H16ClN5O4. The van der Waals surface area contributed by atoms with Crippen LogP contribution in [0.2, 0.25) is 5.15 Å². The standard InChI is InChI=1S/C17H16ClN5O4/c18-13-6-7-14(23-22-13)20-10-12(17(27)19-9-8-15(24)25)21-16(26)11-4-2-1-3-5-11/h1-7,10H,8-9H2,(H,19,27)(H,20,23)(H,21,26)(H,24,25)/b12-10-. The number of carboxylic acid groups (broad SMARTS) is 1. The zero-order valence-electron chi connectivity index (χ0n) is 14.0. The van der Waals surface area contributed by atoms with Gasteiger partial charge in [0.15, 0.2) is 11.0 Å². The van der Waals surface area contributed by atoms with Gasteiger partial charge < -0.3 is 21.1 Å². The summed E-state index contributed by atoms with van der Waals surface area (Å²) >= 11 is 5.66. The van der Waals surface area contributed by atoms with Crippen molar-refractivity contribution in [1.82, 2.24) is 20.8 Å². The van der Waals surface area contributed by atoms with Gasteiger partial charge in [0.05, 0.1) is 6.42 Å². The summed E-state index contributed by atoms with van der Waals surface area (Å²) in [5.41, 5.74) is 0.235. The predicted octanol–water partition coefficient (Wildman–Crippen LogP) is 1.40. The highest BCUT2D eigenvalue weighted by Crippen LogP contribution is 2.07. The van der Waals surface area contributed by atoms with Crippen LogP contribution in [0.1, 0.15) is 16.8 Å². The van der Waals surface area contributed by atoms with Crippen LogP contribution in [-0.4, -0.2) is 39.6 Å². The highest BCUT2D eigenvalue weighted by Gasteiger charge is 2.14. The van der Waals surface area contributed by atoms with E-state index in [1.54, 1.807) is 30.3 Å². The summed E-state index contributed by atoms with van der Waals surface area (Å²) < 4.78 is 0. The Morgan fingerprint density at radius 3 is 2.44 bits per heavy atom. The number of hydrogen-bond acceptors (Lipinski definition) is 6. The van der Waals surface area contributed by atoms with Crippen molar-refractivity contribution in [1.29, 1.82) is 0 Å². The molecule has 0 aliphatic rings. The van der Waals surface area contributed by atoms with Gasteiger partial charge in [-0.3, -0.25) is 14.4 Å². The molecule has 27 heavy (non-hydrogen) atoms. The maximum atomic E-state index is 12.3. The number of hydrogen-bond donors (Lipinski definition) is 4. The third-order valence-corrected chi connectivity index (χ3v) is 3.35. The van der Waals surface area contributed by atoms with E-state index >= 15 is 0 Å². The van der Waals surface area contributed by atoms with Crippen molar-refractivity contribution in [3.63, 3.8) is 0 Å². The van der Waals surface area contributed by atoms with E-state index in [9.17, 15) is 14.4 Å². The number of rotatable bonds is 8. The molecule has 0 atom stereocenters. The van der Waals surface area contributed by atoms with Gasteiger partial charge in [-0.2, -0.15) is 0 Å². The van der Waals surface area contributed by atoms with Crippen molar-refractivity contribution in [2.75, 3.05) is 11.9 Å². The molecule has 9 nitrogen and oxygen atoms in total. The fourth-order valence-corrected chi connectivity index (χ4v) is 1.96. The van der Waals surface area contributed by atoms with Crippen LogP contribution in [0.4, 0.5) is 5.82 Å². The number of carbonyl (C=O) groups excluding carboxylic acids is 2. The second kappa shape index (κ2) is 9.88. The minimum absolute atomic E-state index is 0.0898. The number of carbonyl (C=O) groups is 3. The minimum Gasteiger partial charge on any atom is -0.481 e. The molecular weight excluding hydrogens is 374 g/mol. The van der Waals surface area contributed by atoms with E-state index in [-0.39, 0.29) is 23.8 Å². The zero-order chi connectivity index (χ0) is 19.6. The number of aromatic nitrogens is 2. The number of benzene rings is 1. The van der Waals surface area contributed by atoms with Crippen LogP contribution >= 0.6 is 11.6 Å². The topological polar surface area (TPSA) is 133 Å². The lowest BCUT2D eigenvalue weighted by Gasteiger charge is -2.11. The Bertz CT molecular complexity index is 840. The maximum Gasteiger partial charge on any atom is 0.305 e. The number of amides is 2. The quantitative estimate of drug-likeness (QED) is 0.501. The minimum atomic E-state index is -1.05. The van der Waals surface area contributed by atoms with Crippen molar-refractivity contribution < 1.29 is 19.5 Å². The molecule has 0 saturated carbocycles. The molecule has 0 aliphatic carbocycles. The van der Waals surface area contributed by atoms with E-state index < -0.39 is 17.8 Å². The third-order valence-electron chi connectivity index (χ3n) is 3.15. The van der Waals surface area contributed by atoms with Crippen molar-refractivity contribution in [3.05, 3.63) is 65.1 Å². The molecule has 0 aliphatic heterocycles. The van der Waals surface area contributed by atoms with Crippen molar-refractivity contribution in [2.45, 2.75) is 6.42 Å². The van der Waals surface area contributed by atoms with Gasteiger partial charge >= 0.3 is 5.97 Å². The first-order valence-corrected chi connectivity index (χ1v) is 8.16. The summed E-state index contributed by atoms with van der Waals surface area (Å²) in [4.78, 5) is 35.2. The summed E-state index contributed by atoms with van der Waals surface area (Å²) in [6.07, 6.45) is 0.983. The Balaban J connectivity index is 2.12. The molecule has 2 rings (SSSR count). The van der Waals surface area contributed by atoms with E-state index in [2.05, 4.69) is 26.1 Å². The van der Waals surface area contributed by atoms with Crippen LogP contribution in [-0.2, 0) is 9.59 Å². The van der Waals surface area contributed by atoms with Crippen LogP contribution < -0.4 is 16.0 Å². The van der Waals surface area contributed by atoms with Crippen LogP contribution in [0, 0.1) is 0 Å². The molecule has 2 aromatic rings. The molecule has 0 unspecified atom stereocenters. The second-order valence-electron chi connectivity index (χ2n) is 5.16. The van der Waals surface area contributed by atoms with E-state index in [4.69, 9.17) is 16.7 Å². The van der Waals surface area contributed by atoms with Gasteiger partial charge in [0.1, 0.15) is 5.70 Å². The number of carboxylic acids is 1. The van der Waals surface area contributed by atoms with E-state index in [1.807, 2.05) is 0 Å². The largest absolute Gasteiger partial charge is 0.481 e. The summed E-state index contributed by atoms with van der Waals surface area (Å²) in [6, 6.07) is 11.3. The van der Waals surface area contributed by atoms with Crippen LogP contribution in [0.3, 0.4) is 0 Å². The lowest BCUT2D eigenvalue weighted by atomic mass is 10.2. The molecule has 140 valence electrons. The first-order chi connectivity index (χ1) is 13.0. The summed E-state index contributed by atoms with van der Waals surface area (Å²) in [6.45, 7) is -0.0898. The lowest BCUT2D eigenvalue weighted by Crippen LogP contribution is -2.36. The number of halogens is 1.